The van der Waals surface area contributed by atoms with Crippen LogP contribution in [0.2, 0.25) is 0 Å². The average molecular weight is 448 g/mol. The molecule has 2 aromatic heterocycles. The minimum atomic E-state index is 0.695. The number of rotatable bonds is 2. The summed E-state index contributed by atoms with van der Waals surface area (Å²) < 4.78 is 2.46. The van der Waals surface area contributed by atoms with Gasteiger partial charge < -0.3 is 4.57 Å². The summed E-state index contributed by atoms with van der Waals surface area (Å²) >= 11 is 0. The van der Waals surface area contributed by atoms with Gasteiger partial charge in [0.25, 0.3) is 0 Å². The molecule has 7 aromatic rings. The molecule has 1 aliphatic rings. The lowest BCUT2D eigenvalue weighted by Crippen LogP contribution is -2.03. The first kappa shape index (κ1) is 18.9. The molecular weight excluding hydrogens is 426 g/mol. The van der Waals surface area contributed by atoms with Crippen molar-refractivity contribution in [2.45, 2.75) is 13.0 Å². The van der Waals surface area contributed by atoms with Crippen LogP contribution in [0.3, 0.4) is 0 Å². The van der Waals surface area contributed by atoms with Crippen LogP contribution in [-0.2, 0) is 13.0 Å². The van der Waals surface area contributed by atoms with E-state index in [4.69, 9.17) is 0 Å². The van der Waals surface area contributed by atoms with E-state index >= 15 is 0 Å². The molecule has 1 aliphatic carbocycles. The van der Waals surface area contributed by atoms with Gasteiger partial charge in [0.1, 0.15) is 0 Å². The minimum Gasteiger partial charge on any atom is -0.334 e. The fourth-order valence-electron chi connectivity index (χ4n) is 6.16. The molecule has 3 nitrogen and oxygen atoms in total. The minimum absolute atomic E-state index is 0.695. The normalized spacial score (nSPS) is 12.6. The smallest absolute Gasteiger partial charge is 0.0784 e. The topological polar surface area (TPSA) is 30.7 Å². The molecule has 0 radical (unpaired) electrons. The van der Waals surface area contributed by atoms with E-state index in [0.717, 1.165) is 12.1 Å². The second-order valence-corrected chi connectivity index (χ2v) is 9.46. The van der Waals surface area contributed by atoms with Crippen LogP contribution in [0.5, 0.6) is 0 Å². The van der Waals surface area contributed by atoms with E-state index in [1.54, 1.807) is 12.4 Å². The molecule has 0 aliphatic heterocycles. The van der Waals surface area contributed by atoms with Gasteiger partial charge in [-0.25, -0.2) is 0 Å². The van der Waals surface area contributed by atoms with E-state index in [1.165, 1.54) is 65.6 Å². The van der Waals surface area contributed by atoms with Crippen molar-refractivity contribution in [1.29, 1.82) is 0 Å². The first-order valence-corrected chi connectivity index (χ1v) is 12.1. The standard InChI is InChI=1S/C32H21N3/c1-2-8-21-16-27-22(15-20(21)7-1)17-28-30(27)24-9-3-4-10-25(24)31-26-11-5-6-12-29(26)35(32(28)31)19-23-18-33-13-14-34-23/h1-16,18H,17,19H2. The number of aromatic nitrogens is 3. The number of nitrogens with zero attached hydrogens (tertiary/aromatic N) is 3. The average Bonchev–Trinajstić information content (AvgIpc) is 3.44. The Labute approximate surface area is 202 Å². The molecule has 5 aromatic carbocycles. The molecule has 0 saturated heterocycles. The maximum absolute atomic E-state index is 4.62. The van der Waals surface area contributed by atoms with Gasteiger partial charge in [0.15, 0.2) is 0 Å². The van der Waals surface area contributed by atoms with E-state index in [2.05, 4.69) is 99.5 Å². The highest BCUT2D eigenvalue weighted by atomic mass is 15.0. The summed E-state index contributed by atoms with van der Waals surface area (Å²) in [5, 5.41) is 7.90. The van der Waals surface area contributed by atoms with Crippen LogP contribution in [-0.4, -0.2) is 14.5 Å². The summed E-state index contributed by atoms with van der Waals surface area (Å²) in [5.74, 6) is 0. The van der Waals surface area contributed by atoms with Gasteiger partial charge in [0.05, 0.1) is 24.0 Å². The molecule has 0 unspecified atom stereocenters. The van der Waals surface area contributed by atoms with E-state index < -0.39 is 0 Å². The van der Waals surface area contributed by atoms with Gasteiger partial charge in [0, 0.05) is 35.1 Å². The summed E-state index contributed by atoms with van der Waals surface area (Å²) in [7, 11) is 0. The summed E-state index contributed by atoms with van der Waals surface area (Å²) in [6.07, 6.45) is 6.34. The highest BCUT2D eigenvalue weighted by Gasteiger charge is 2.28. The number of fused-ring (bicyclic) bond motifs is 11. The summed E-state index contributed by atoms with van der Waals surface area (Å²) in [5.41, 5.74) is 9.12. The van der Waals surface area contributed by atoms with Crippen LogP contribution in [0.15, 0.2) is 104 Å². The van der Waals surface area contributed by atoms with Crippen molar-refractivity contribution >= 4 is 43.4 Å². The second kappa shape index (κ2) is 7.00. The number of para-hydroxylation sites is 1. The van der Waals surface area contributed by atoms with E-state index in [0.29, 0.717) is 6.54 Å². The van der Waals surface area contributed by atoms with E-state index in [-0.39, 0.29) is 0 Å². The predicted molar refractivity (Wildman–Crippen MR) is 144 cm³/mol. The van der Waals surface area contributed by atoms with Crippen molar-refractivity contribution in [2.75, 3.05) is 0 Å². The van der Waals surface area contributed by atoms with Crippen LogP contribution < -0.4 is 0 Å². The highest BCUT2D eigenvalue weighted by Crippen LogP contribution is 2.49. The first-order valence-electron chi connectivity index (χ1n) is 12.1. The van der Waals surface area contributed by atoms with Crippen molar-refractivity contribution in [3.63, 3.8) is 0 Å². The van der Waals surface area contributed by atoms with E-state index in [9.17, 15) is 0 Å². The molecule has 0 spiro atoms. The number of benzene rings is 5. The summed E-state index contributed by atoms with van der Waals surface area (Å²) in [4.78, 5) is 8.95. The predicted octanol–water partition coefficient (Wildman–Crippen LogP) is 7.51. The molecule has 35 heavy (non-hydrogen) atoms. The molecule has 3 heteroatoms. The lowest BCUT2D eigenvalue weighted by molar-refractivity contribution is 0.823. The van der Waals surface area contributed by atoms with Crippen molar-refractivity contribution in [1.82, 2.24) is 14.5 Å². The third-order valence-corrected chi connectivity index (χ3v) is 7.57. The molecule has 0 N–H and O–H groups in total. The van der Waals surface area contributed by atoms with Gasteiger partial charge in [-0.05, 0) is 55.9 Å². The largest absolute Gasteiger partial charge is 0.334 e. The van der Waals surface area contributed by atoms with Gasteiger partial charge in [-0.2, -0.15) is 0 Å². The fourth-order valence-corrected chi connectivity index (χ4v) is 6.16. The Kier molecular flexibility index (Phi) is 3.78. The quantitative estimate of drug-likeness (QED) is 0.274. The Balaban J connectivity index is 1.55. The maximum atomic E-state index is 4.62. The van der Waals surface area contributed by atoms with E-state index in [1.807, 2.05) is 6.20 Å². The van der Waals surface area contributed by atoms with Gasteiger partial charge in [0.2, 0.25) is 0 Å². The Morgan fingerprint density at radius 2 is 1.49 bits per heavy atom. The van der Waals surface area contributed by atoms with Gasteiger partial charge in [-0.3, -0.25) is 9.97 Å². The van der Waals surface area contributed by atoms with Crippen molar-refractivity contribution in [3.05, 3.63) is 120 Å². The van der Waals surface area contributed by atoms with Crippen LogP contribution in [0, 0.1) is 0 Å². The molecule has 8 rings (SSSR count). The zero-order valence-electron chi connectivity index (χ0n) is 19.1. The zero-order valence-corrected chi connectivity index (χ0v) is 19.1. The number of hydrogen-bond acceptors (Lipinski definition) is 2. The molecule has 0 fully saturated rings. The third kappa shape index (κ3) is 2.61. The van der Waals surface area contributed by atoms with Gasteiger partial charge in [-0.1, -0.05) is 72.8 Å². The molecule has 0 amide bonds. The second-order valence-electron chi connectivity index (χ2n) is 9.46. The molecule has 0 bridgehead atoms. The molecule has 0 atom stereocenters. The number of hydrogen-bond donors (Lipinski definition) is 0. The fraction of sp³-hybridized carbons (Fsp3) is 0.0625. The van der Waals surface area contributed by atoms with Crippen molar-refractivity contribution in [3.8, 4) is 11.1 Å². The Bertz CT molecular complexity index is 1950. The Morgan fingerprint density at radius 3 is 2.31 bits per heavy atom. The zero-order chi connectivity index (χ0) is 22.9. The van der Waals surface area contributed by atoms with Crippen LogP contribution >= 0.6 is 0 Å². The lowest BCUT2D eigenvalue weighted by Gasteiger charge is -2.13. The summed E-state index contributed by atoms with van der Waals surface area (Å²) in [6.45, 7) is 0.695. The molecule has 164 valence electrons. The first-order chi connectivity index (χ1) is 17.4. The van der Waals surface area contributed by atoms with Crippen LogP contribution in [0.1, 0.15) is 16.8 Å². The van der Waals surface area contributed by atoms with Crippen molar-refractivity contribution in [2.24, 2.45) is 0 Å². The highest BCUT2D eigenvalue weighted by molar-refractivity contribution is 6.26. The third-order valence-electron chi connectivity index (χ3n) is 7.57. The molecule has 2 heterocycles. The van der Waals surface area contributed by atoms with Crippen molar-refractivity contribution < 1.29 is 0 Å². The maximum Gasteiger partial charge on any atom is 0.0784 e. The molecular formula is C32H21N3. The SMILES string of the molecule is c1ccc2cc3c(cc2c1)Cc1c-3c2ccccc2c2c3ccccc3n(Cc3cnccn3)c12. The Morgan fingerprint density at radius 1 is 0.743 bits per heavy atom. The van der Waals surface area contributed by atoms with Crippen LogP contribution in [0.25, 0.3) is 54.5 Å². The van der Waals surface area contributed by atoms with Crippen LogP contribution in [0.4, 0.5) is 0 Å². The molecule has 0 saturated carbocycles. The van der Waals surface area contributed by atoms with Gasteiger partial charge >= 0.3 is 0 Å². The summed E-state index contributed by atoms with van der Waals surface area (Å²) in [6, 6.07) is 31.2. The Hall–Kier alpha value is -4.50. The lowest BCUT2D eigenvalue weighted by atomic mass is 9.93. The van der Waals surface area contributed by atoms with Gasteiger partial charge in [-0.15, -0.1) is 0 Å². The monoisotopic (exact) mass is 447 g/mol.